The third kappa shape index (κ3) is 3.61. The van der Waals surface area contributed by atoms with Crippen LogP contribution in [0.4, 0.5) is 0 Å². The fourth-order valence-corrected chi connectivity index (χ4v) is 2.59. The van der Waals surface area contributed by atoms with E-state index in [9.17, 15) is 4.79 Å². The van der Waals surface area contributed by atoms with E-state index >= 15 is 0 Å². The normalized spacial score (nSPS) is 11.0. The summed E-state index contributed by atoms with van der Waals surface area (Å²) in [5.74, 6) is 0.416. The summed E-state index contributed by atoms with van der Waals surface area (Å²) in [6, 6.07) is 0. The Hall–Kier alpha value is -2.15. The summed E-state index contributed by atoms with van der Waals surface area (Å²) < 4.78 is 12.1. The van der Waals surface area contributed by atoms with E-state index in [2.05, 4.69) is 17.2 Å². The summed E-state index contributed by atoms with van der Waals surface area (Å²) in [6.45, 7) is 10.1. The van der Waals surface area contributed by atoms with Crippen LogP contribution in [0.15, 0.2) is 10.7 Å². The number of amides is 1. The van der Waals surface area contributed by atoms with Crippen LogP contribution < -0.4 is 0 Å². The van der Waals surface area contributed by atoms with Gasteiger partial charge in [0, 0.05) is 38.0 Å². The van der Waals surface area contributed by atoms with Crippen molar-refractivity contribution in [3.8, 4) is 0 Å². The fourth-order valence-electron chi connectivity index (χ4n) is 2.59. The molecule has 7 heteroatoms. The standard InChI is InChI=1S/C16H24N4O3/c1-6-20-12(3)15(11(2)18-20)10-19(7-8-22-5)16(21)14-9-17-23-13(14)4/h9H,6-8,10H2,1-5H3. The van der Waals surface area contributed by atoms with Crippen molar-refractivity contribution in [1.29, 1.82) is 0 Å². The lowest BCUT2D eigenvalue weighted by Gasteiger charge is -2.22. The Morgan fingerprint density at radius 3 is 2.65 bits per heavy atom. The lowest BCUT2D eigenvalue weighted by Crippen LogP contribution is -2.34. The highest BCUT2D eigenvalue weighted by Crippen LogP contribution is 2.18. The third-order valence-electron chi connectivity index (χ3n) is 4.01. The molecular formula is C16H24N4O3. The summed E-state index contributed by atoms with van der Waals surface area (Å²) in [6.07, 6.45) is 1.46. The second kappa shape index (κ2) is 7.41. The number of hydrogen-bond donors (Lipinski definition) is 0. The van der Waals surface area contributed by atoms with E-state index in [1.165, 1.54) is 6.20 Å². The number of aromatic nitrogens is 3. The van der Waals surface area contributed by atoms with Crippen molar-refractivity contribution in [3.63, 3.8) is 0 Å². The zero-order valence-corrected chi connectivity index (χ0v) is 14.4. The minimum atomic E-state index is -0.108. The molecule has 23 heavy (non-hydrogen) atoms. The van der Waals surface area contributed by atoms with Gasteiger partial charge in [0.05, 0.1) is 18.5 Å². The van der Waals surface area contributed by atoms with Gasteiger partial charge in [0.15, 0.2) is 0 Å². The number of aryl methyl sites for hydroxylation is 3. The first-order valence-electron chi connectivity index (χ1n) is 7.71. The Morgan fingerprint density at radius 1 is 1.39 bits per heavy atom. The molecule has 7 nitrogen and oxygen atoms in total. The van der Waals surface area contributed by atoms with Crippen molar-refractivity contribution in [1.82, 2.24) is 19.8 Å². The van der Waals surface area contributed by atoms with Gasteiger partial charge < -0.3 is 14.2 Å². The van der Waals surface area contributed by atoms with Crippen LogP contribution in [0.1, 0.15) is 40.0 Å². The van der Waals surface area contributed by atoms with Gasteiger partial charge >= 0.3 is 0 Å². The lowest BCUT2D eigenvalue weighted by atomic mass is 10.1. The topological polar surface area (TPSA) is 73.4 Å². The molecule has 2 aromatic rings. The van der Waals surface area contributed by atoms with Gasteiger partial charge in [0.2, 0.25) is 0 Å². The highest BCUT2D eigenvalue weighted by atomic mass is 16.5. The number of carbonyl (C=O) groups excluding carboxylic acids is 1. The van der Waals surface area contributed by atoms with Crippen LogP contribution in [0.25, 0.3) is 0 Å². The molecule has 0 radical (unpaired) electrons. The number of methoxy groups -OCH3 is 1. The molecule has 0 aliphatic rings. The molecule has 2 rings (SSSR count). The maximum Gasteiger partial charge on any atom is 0.259 e. The maximum absolute atomic E-state index is 12.8. The van der Waals surface area contributed by atoms with E-state index in [4.69, 9.17) is 9.26 Å². The Bertz CT molecular complexity index is 675. The molecule has 2 aromatic heterocycles. The number of carbonyl (C=O) groups is 1. The summed E-state index contributed by atoms with van der Waals surface area (Å²) in [5.41, 5.74) is 3.59. The second-order valence-corrected chi connectivity index (χ2v) is 5.48. The molecule has 0 unspecified atom stereocenters. The number of hydrogen-bond acceptors (Lipinski definition) is 5. The van der Waals surface area contributed by atoms with E-state index in [0.29, 0.717) is 31.0 Å². The summed E-state index contributed by atoms with van der Waals surface area (Å²) in [7, 11) is 1.62. The number of nitrogens with zero attached hydrogens (tertiary/aromatic N) is 4. The van der Waals surface area contributed by atoms with Gasteiger partial charge in [0.1, 0.15) is 11.3 Å². The Morgan fingerprint density at radius 2 is 2.13 bits per heavy atom. The van der Waals surface area contributed by atoms with Crippen LogP contribution in [-0.2, 0) is 17.8 Å². The van der Waals surface area contributed by atoms with Crippen LogP contribution in [0, 0.1) is 20.8 Å². The molecule has 0 fully saturated rings. The minimum absolute atomic E-state index is 0.108. The molecule has 0 saturated carbocycles. The van der Waals surface area contributed by atoms with Crippen LogP contribution in [0.5, 0.6) is 0 Å². The largest absolute Gasteiger partial charge is 0.383 e. The first kappa shape index (κ1) is 17.2. The maximum atomic E-state index is 12.8. The molecular weight excluding hydrogens is 296 g/mol. The molecule has 0 N–H and O–H groups in total. The molecule has 0 saturated heterocycles. The van der Waals surface area contributed by atoms with Crippen molar-refractivity contribution in [2.45, 2.75) is 40.8 Å². The van der Waals surface area contributed by atoms with E-state index in [1.807, 2.05) is 18.5 Å². The van der Waals surface area contributed by atoms with Gasteiger partial charge in [-0.15, -0.1) is 0 Å². The van der Waals surface area contributed by atoms with Gasteiger partial charge in [0.25, 0.3) is 5.91 Å². The summed E-state index contributed by atoms with van der Waals surface area (Å²) >= 11 is 0. The van der Waals surface area contributed by atoms with Crippen molar-refractivity contribution in [2.24, 2.45) is 0 Å². The van der Waals surface area contributed by atoms with E-state index in [0.717, 1.165) is 23.5 Å². The molecule has 1 amide bonds. The van der Waals surface area contributed by atoms with Gasteiger partial charge in [-0.05, 0) is 27.7 Å². The molecule has 0 bridgehead atoms. The molecule has 0 spiro atoms. The molecule has 0 aliphatic carbocycles. The zero-order valence-electron chi connectivity index (χ0n) is 14.4. The highest BCUT2D eigenvalue weighted by Gasteiger charge is 2.23. The minimum Gasteiger partial charge on any atom is -0.383 e. The van der Waals surface area contributed by atoms with Crippen molar-refractivity contribution in [2.75, 3.05) is 20.3 Å². The number of rotatable bonds is 7. The van der Waals surface area contributed by atoms with Crippen LogP contribution in [0.3, 0.4) is 0 Å². The van der Waals surface area contributed by atoms with E-state index in [1.54, 1.807) is 18.9 Å². The van der Waals surface area contributed by atoms with Gasteiger partial charge in [-0.3, -0.25) is 9.48 Å². The summed E-state index contributed by atoms with van der Waals surface area (Å²) in [5, 5.41) is 8.21. The second-order valence-electron chi connectivity index (χ2n) is 5.48. The van der Waals surface area contributed by atoms with E-state index in [-0.39, 0.29) is 5.91 Å². The van der Waals surface area contributed by atoms with Crippen LogP contribution in [0.2, 0.25) is 0 Å². The average Bonchev–Trinajstić information content (AvgIpc) is 3.07. The molecule has 2 heterocycles. The molecule has 0 aliphatic heterocycles. The Balaban J connectivity index is 2.27. The van der Waals surface area contributed by atoms with Crippen molar-refractivity contribution in [3.05, 3.63) is 34.5 Å². The molecule has 126 valence electrons. The highest BCUT2D eigenvalue weighted by molar-refractivity contribution is 5.94. The van der Waals surface area contributed by atoms with Gasteiger partial charge in [-0.25, -0.2) is 0 Å². The zero-order chi connectivity index (χ0) is 17.0. The van der Waals surface area contributed by atoms with Crippen LogP contribution >= 0.6 is 0 Å². The smallest absolute Gasteiger partial charge is 0.259 e. The lowest BCUT2D eigenvalue weighted by molar-refractivity contribution is 0.0678. The predicted octanol–water partition coefficient (Wildman–Crippen LogP) is 2.11. The predicted molar refractivity (Wildman–Crippen MR) is 85.2 cm³/mol. The first-order chi connectivity index (χ1) is 11.0. The Kier molecular flexibility index (Phi) is 5.54. The van der Waals surface area contributed by atoms with Crippen molar-refractivity contribution < 1.29 is 14.1 Å². The fraction of sp³-hybridized carbons (Fsp3) is 0.562. The monoisotopic (exact) mass is 320 g/mol. The quantitative estimate of drug-likeness (QED) is 0.781. The summed E-state index contributed by atoms with van der Waals surface area (Å²) in [4.78, 5) is 14.5. The van der Waals surface area contributed by atoms with Crippen LogP contribution in [-0.4, -0.2) is 46.0 Å². The third-order valence-corrected chi connectivity index (χ3v) is 4.01. The SMILES string of the molecule is CCn1nc(C)c(CN(CCOC)C(=O)c2cnoc2C)c1C. The molecule has 0 atom stereocenters. The van der Waals surface area contributed by atoms with E-state index < -0.39 is 0 Å². The average molecular weight is 320 g/mol. The first-order valence-corrected chi connectivity index (χ1v) is 7.71. The Labute approximate surface area is 136 Å². The number of ether oxygens (including phenoxy) is 1. The van der Waals surface area contributed by atoms with Crippen molar-refractivity contribution >= 4 is 5.91 Å². The van der Waals surface area contributed by atoms with Gasteiger partial charge in [-0.2, -0.15) is 5.10 Å². The molecule has 0 aromatic carbocycles. The van der Waals surface area contributed by atoms with Gasteiger partial charge in [-0.1, -0.05) is 5.16 Å².